The van der Waals surface area contributed by atoms with Crippen LogP contribution < -0.4 is 15.4 Å². The van der Waals surface area contributed by atoms with Crippen LogP contribution in [0.4, 0.5) is 0 Å². The lowest BCUT2D eigenvalue weighted by Crippen LogP contribution is -2.52. The van der Waals surface area contributed by atoms with E-state index in [2.05, 4.69) is 10.6 Å². The van der Waals surface area contributed by atoms with Crippen LogP contribution in [0.3, 0.4) is 0 Å². The largest absolute Gasteiger partial charge is 0.497 e. The van der Waals surface area contributed by atoms with Gasteiger partial charge in [-0.25, -0.2) is 0 Å². The highest BCUT2D eigenvalue weighted by atomic mass is 16.5. The van der Waals surface area contributed by atoms with Gasteiger partial charge in [-0.1, -0.05) is 12.1 Å². The first-order valence-corrected chi connectivity index (χ1v) is 5.38. The van der Waals surface area contributed by atoms with Gasteiger partial charge in [0.2, 0.25) is 5.91 Å². The molecule has 0 bridgehead atoms. The van der Waals surface area contributed by atoms with Gasteiger partial charge in [-0.2, -0.15) is 0 Å². The molecule has 0 aromatic heterocycles. The van der Waals surface area contributed by atoms with Gasteiger partial charge in [0.15, 0.2) is 0 Å². The molecule has 0 aliphatic carbocycles. The summed E-state index contributed by atoms with van der Waals surface area (Å²) in [5.41, 5.74) is 0.934. The zero-order valence-corrected chi connectivity index (χ0v) is 9.49. The number of piperazine rings is 1. The average Bonchev–Trinajstić information content (AvgIpc) is 2.29. The van der Waals surface area contributed by atoms with Crippen LogP contribution in [0.25, 0.3) is 0 Å². The predicted octanol–water partition coefficient (Wildman–Crippen LogP) is 0.844. The lowest BCUT2D eigenvalue weighted by molar-refractivity contribution is -0.125. The Kier molecular flexibility index (Phi) is 3.10. The van der Waals surface area contributed by atoms with Crippen LogP contribution in [0.5, 0.6) is 5.75 Å². The molecule has 1 fully saturated rings. The van der Waals surface area contributed by atoms with Crippen molar-refractivity contribution in [3.05, 3.63) is 29.8 Å². The van der Waals surface area contributed by atoms with E-state index in [1.165, 1.54) is 0 Å². The maximum atomic E-state index is 11.8. The molecule has 2 rings (SSSR count). The number of benzene rings is 1. The van der Waals surface area contributed by atoms with E-state index in [4.69, 9.17) is 4.74 Å². The van der Waals surface area contributed by atoms with Gasteiger partial charge in [0.25, 0.3) is 0 Å². The Bertz CT molecular complexity index is 392. The van der Waals surface area contributed by atoms with Crippen LogP contribution in [0.2, 0.25) is 0 Å². The molecule has 0 spiro atoms. The molecule has 2 N–H and O–H groups in total. The summed E-state index contributed by atoms with van der Waals surface area (Å²) in [6, 6.07) is 7.48. The van der Waals surface area contributed by atoms with Crippen LogP contribution in [0.15, 0.2) is 24.3 Å². The van der Waals surface area contributed by atoms with Crippen molar-refractivity contribution in [1.82, 2.24) is 10.6 Å². The lowest BCUT2D eigenvalue weighted by Gasteiger charge is -2.28. The van der Waals surface area contributed by atoms with Gasteiger partial charge < -0.3 is 15.4 Å². The molecule has 0 radical (unpaired) electrons. The fourth-order valence-electron chi connectivity index (χ4n) is 1.85. The first kappa shape index (κ1) is 11.0. The third kappa shape index (κ3) is 2.17. The monoisotopic (exact) mass is 220 g/mol. The Hall–Kier alpha value is -1.55. The van der Waals surface area contributed by atoms with Crippen LogP contribution in [0, 0.1) is 0 Å². The molecule has 86 valence electrons. The summed E-state index contributed by atoms with van der Waals surface area (Å²) in [6.45, 7) is 2.76. The SMILES string of the molecule is COc1cccc([C@@H]2NC[C@@H](C)NC2=O)c1. The zero-order chi connectivity index (χ0) is 11.5. The van der Waals surface area contributed by atoms with Crippen molar-refractivity contribution in [2.75, 3.05) is 13.7 Å². The van der Waals surface area contributed by atoms with Gasteiger partial charge in [-0.15, -0.1) is 0 Å². The first-order chi connectivity index (χ1) is 7.70. The number of hydrogen-bond acceptors (Lipinski definition) is 3. The molecule has 0 saturated carbocycles. The molecular formula is C12H16N2O2. The fourth-order valence-corrected chi connectivity index (χ4v) is 1.85. The minimum atomic E-state index is -0.272. The number of amides is 1. The number of methoxy groups -OCH3 is 1. The molecule has 1 aliphatic heterocycles. The van der Waals surface area contributed by atoms with E-state index in [1.54, 1.807) is 7.11 Å². The van der Waals surface area contributed by atoms with Gasteiger partial charge in [0.05, 0.1) is 7.11 Å². The van der Waals surface area contributed by atoms with E-state index >= 15 is 0 Å². The number of carbonyl (C=O) groups is 1. The Morgan fingerprint density at radius 1 is 1.44 bits per heavy atom. The molecular weight excluding hydrogens is 204 g/mol. The van der Waals surface area contributed by atoms with Crippen LogP contribution >= 0.6 is 0 Å². The van der Waals surface area contributed by atoms with Gasteiger partial charge in [0, 0.05) is 12.6 Å². The standard InChI is InChI=1S/C12H16N2O2/c1-8-7-13-11(12(15)14-8)9-4-3-5-10(6-9)16-2/h3-6,8,11,13H,7H2,1-2H3,(H,14,15)/t8-,11+/m1/s1. The molecule has 1 aliphatic rings. The molecule has 1 amide bonds. The van der Waals surface area contributed by atoms with E-state index in [-0.39, 0.29) is 18.0 Å². The smallest absolute Gasteiger partial charge is 0.241 e. The molecule has 4 nitrogen and oxygen atoms in total. The minimum Gasteiger partial charge on any atom is -0.497 e. The van der Waals surface area contributed by atoms with Crippen molar-refractivity contribution in [1.29, 1.82) is 0 Å². The first-order valence-electron chi connectivity index (χ1n) is 5.38. The average molecular weight is 220 g/mol. The molecule has 16 heavy (non-hydrogen) atoms. The molecule has 0 unspecified atom stereocenters. The minimum absolute atomic E-state index is 0.0204. The maximum Gasteiger partial charge on any atom is 0.241 e. The second kappa shape index (κ2) is 4.53. The summed E-state index contributed by atoms with van der Waals surface area (Å²) >= 11 is 0. The molecule has 2 atom stereocenters. The Morgan fingerprint density at radius 3 is 2.94 bits per heavy atom. The third-order valence-corrected chi connectivity index (χ3v) is 2.71. The van der Waals surface area contributed by atoms with Crippen molar-refractivity contribution in [2.45, 2.75) is 19.0 Å². The summed E-state index contributed by atoms with van der Waals surface area (Å²) < 4.78 is 5.14. The van der Waals surface area contributed by atoms with Crippen LogP contribution in [-0.4, -0.2) is 25.6 Å². The highest BCUT2D eigenvalue weighted by Crippen LogP contribution is 2.20. The van der Waals surface area contributed by atoms with Gasteiger partial charge in [-0.05, 0) is 24.6 Å². The Labute approximate surface area is 95.0 Å². The molecule has 1 aromatic rings. The number of ether oxygens (including phenoxy) is 1. The number of rotatable bonds is 2. The molecule has 4 heteroatoms. The Morgan fingerprint density at radius 2 is 2.25 bits per heavy atom. The summed E-state index contributed by atoms with van der Waals surface area (Å²) in [7, 11) is 1.62. The van der Waals surface area contributed by atoms with Gasteiger partial charge in [0.1, 0.15) is 11.8 Å². The van der Waals surface area contributed by atoms with Crippen molar-refractivity contribution >= 4 is 5.91 Å². The molecule has 1 saturated heterocycles. The lowest BCUT2D eigenvalue weighted by atomic mass is 10.0. The van der Waals surface area contributed by atoms with E-state index in [0.29, 0.717) is 0 Å². The summed E-state index contributed by atoms with van der Waals surface area (Å²) in [5.74, 6) is 0.790. The number of nitrogens with one attached hydrogen (secondary N) is 2. The number of carbonyl (C=O) groups excluding carboxylic acids is 1. The predicted molar refractivity (Wildman–Crippen MR) is 61.3 cm³/mol. The van der Waals surface area contributed by atoms with Gasteiger partial charge in [-0.3, -0.25) is 4.79 Å². The van der Waals surface area contributed by atoms with Crippen molar-refractivity contribution in [2.24, 2.45) is 0 Å². The highest BCUT2D eigenvalue weighted by molar-refractivity contribution is 5.84. The summed E-state index contributed by atoms with van der Waals surface area (Å²) in [5, 5.41) is 6.14. The quantitative estimate of drug-likeness (QED) is 0.776. The van der Waals surface area contributed by atoms with Crippen LogP contribution in [0.1, 0.15) is 18.5 Å². The Balaban J connectivity index is 2.20. The van der Waals surface area contributed by atoms with E-state index in [0.717, 1.165) is 17.9 Å². The van der Waals surface area contributed by atoms with Crippen molar-refractivity contribution < 1.29 is 9.53 Å². The van der Waals surface area contributed by atoms with Crippen molar-refractivity contribution in [3.63, 3.8) is 0 Å². The van der Waals surface area contributed by atoms with Crippen LogP contribution in [-0.2, 0) is 4.79 Å². The zero-order valence-electron chi connectivity index (χ0n) is 9.49. The second-order valence-electron chi connectivity index (χ2n) is 4.03. The van der Waals surface area contributed by atoms with Gasteiger partial charge >= 0.3 is 0 Å². The fraction of sp³-hybridized carbons (Fsp3) is 0.417. The number of hydrogen-bond donors (Lipinski definition) is 2. The molecule has 1 aromatic carbocycles. The highest BCUT2D eigenvalue weighted by Gasteiger charge is 2.26. The van der Waals surface area contributed by atoms with E-state index in [1.807, 2.05) is 31.2 Å². The van der Waals surface area contributed by atoms with E-state index in [9.17, 15) is 4.79 Å². The van der Waals surface area contributed by atoms with Crippen molar-refractivity contribution in [3.8, 4) is 5.75 Å². The topological polar surface area (TPSA) is 50.4 Å². The summed E-state index contributed by atoms with van der Waals surface area (Å²) in [6.07, 6.45) is 0. The maximum absolute atomic E-state index is 11.8. The third-order valence-electron chi connectivity index (χ3n) is 2.71. The van der Waals surface area contributed by atoms with E-state index < -0.39 is 0 Å². The summed E-state index contributed by atoms with van der Waals surface area (Å²) in [4.78, 5) is 11.8. The second-order valence-corrected chi connectivity index (χ2v) is 4.03. The molecule has 1 heterocycles. The normalized spacial score (nSPS) is 25.0.